The number of unbranched alkanes of at least 4 members (excludes halogenated alkanes) is 1. The molecule has 136 valence electrons. The summed E-state index contributed by atoms with van der Waals surface area (Å²) in [6, 6.07) is 3.53. The molecule has 1 aliphatic rings. The summed E-state index contributed by atoms with van der Waals surface area (Å²) < 4.78 is 11.0. The molecule has 2 N–H and O–H groups in total. The molecule has 0 radical (unpaired) electrons. The maximum Gasteiger partial charge on any atom is 0.251 e. The number of hydrogen-bond acceptors (Lipinski definition) is 4. The molecule has 0 aromatic heterocycles. The van der Waals surface area contributed by atoms with Crippen molar-refractivity contribution in [2.45, 2.75) is 38.6 Å². The summed E-state index contributed by atoms with van der Waals surface area (Å²) in [6.07, 6.45) is 3.86. The van der Waals surface area contributed by atoms with E-state index in [4.69, 9.17) is 21.1 Å². The third-order valence-electron chi connectivity index (χ3n) is 3.91. The summed E-state index contributed by atoms with van der Waals surface area (Å²) in [5, 5.41) is 6.73. The van der Waals surface area contributed by atoms with Crippen LogP contribution in [0.2, 0.25) is 5.02 Å². The largest absolute Gasteiger partial charge is 0.493 e. The van der Waals surface area contributed by atoms with Gasteiger partial charge in [0.1, 0.15) is 0 Å². The SMILES string of the molecule is CCCCOc1c(Cl)cc(C(=O)NC2CCNCC2)cc1OC.Cl. The van der Waals surface area contributed by atoms with E-state index in [1.54, 1.807) is 19.2 Å². The average Bonchev–Trinajstić information content (AvgIpc) is 2.57. The number of benzene rings is 1. The van der Waals surface area contributed by atoms with E-state index in [0.29, 0.717) is 28.7 Å². The topological polar surface area (TPSA) is 59.6 Å². The molecule has 1 saturated heterocycles. The predicted molar refractivity (Wildman–Crippen MR) is 99.0 cm³/mol. The first kappa shape index (κ1) is 20.9. The minimum Gasteiger partial charge on any atom is -0.493 e. The summed E-state index contributed by atoms with van der Waals surface area (Å²) in [7, 11) is 1.55. The van der Waals surface area contributed by atoms with E-state index >= 15 is 0 Å². The van der Waals surface area contributed by atoms with E-state index in [1.807, 2.05) is 0 Å². The van der Waals surface area contributed by atoms with Crippen molar-refractivity contribution in [1.29, 1.82) is 0 Å². The molecule has 0 atom stereocenters. The van der Waals surface area contributed by atoms with Crippen molar-refractivity contribution in [2.75, 3.05) is 26.8 Å². The maximum atomic E-state index is 12.4. The minimum absolute atomic E-state index is 0. The Kier molecular flexibility index (Phi) is 9.26. The van der Waals surface area contributed by atoms with Crippen LogP contribution in [0.15, 0.2) is 12.1 Å². The fourth-order valence-electron chi connectivity index (χ4n) is 2.54. The molecule has 0 bridgehead atoms. The smallest absolute Gasteiger partial charge is 0.251 e. The number of piperidine rings is 1. The van der Waals surface area contributed by atoms with Gasteiger partial charge in [0.05, 0.1) is 18.7 Å². The van der Waals surface area contributed by atoms with Crippen LogP contribution < -0.4 is 20.1 Å². The highest BCUT2D eigenvalue weighted by Gasteiger charge is 2.19. The Balaban J connectivity index is 0.00000288. The molecule has 1 amide bonds. The van der Waals surface area contributed by atoms with Gasteiger partial charge >= 0.3 is 0 Å². The van der Waals surface area contributed by atoms with E-state index < -0.39 is 0 Å². The standard InChI is InChI=1S/C17H25ClN2O3.ClH/c1-3-4-9-23-16-14(18)10-12(11-15(16)22-2)17(21)20-13-5-7-19-8-6-13;/h10-11,13,19H,3-9H2,1-2H3,(H,20,21);1H. The second-order valence-corrected chi connectivity index (χ2v) is 6.10. The summed E-state index contributed by atoms with van der Waals surface area (Å²) >= 11 is 6.28. The highest BCUT2D eigenvalue weighted by Crippen LogP contribution is 2.36. The number of hydrogen-bond donors (Lipinski definition) is 2. The number of nitrogens with one attached hydrogen (secondary N) is 2. The quantitative estimate of drug-likeness (QED) is 0.715. The Morgan fingerprint density at radius 1 is 1.38 bits per heavy atom. The molecule has 1 aliphatic heterocycles. The Morgan fingerprint density at radius 2 is 2.08 bits per heavy atom. The second kappa shape index (κ2) is 10.6. The van der Waals surface area contributed by atoms with Crippen LogP contribution in [0.25, 0.3) is 0 Å². The summed E-state index contributed by atoms with van der Waals surface area (Å²) in [4.78, 5) is 12.4. The Labute approximate surface area is 154 Å². The van der Waals surface area contributed by atoms with Crippen molar-refractivity contribution in [1.82, 2.24) is 10.6 Å². The lowest BCUT2D eigenvalue weighted by Crippen LogP contribution is -2.42. The highest BCUT2D eigenvalue weighted by atomic mass is 35.5. The fourth-order valence-corrected chi connectivity index (χ4v) is 2.81. The van der Waals surface area contributed by atoms with Crippen molar-refractivity contribution in [3.05, 3.63) is 22.7 Å². The van der Waals surface area contributed by atoms with E-state index in [9.17, 15) is 4.79 Å². The zero-order chi connectivity index (χ0) is 16.7. The van der Waals surface area contributed by atoms with Crippen LogP contribution in [-0.2, 0) is 0 Å². The summed E-state index contributed by atoms with van der Waals surface area (Å²) in [6.45, 7) is 4.53. The normalized spacial score (nSPS) is 14.6. The Bertz CT molecular complexity index is 535. The number of rotatable bonds is 7. The van der Waals surface area contributed by atoms with Gasteiger partial charge in [0.25, 0.3) is 5.91 Å². The van der Waals surface area contributed by atoms with Gasteiger partial charge in [-0.3, -0.25) is 4.79 Å². The Hall–Kier alpha value is -1.17. The van der Waals surface area contributed by atoms with Gasteiger partial charge < -0.3 is 20.1 Å². The van der Waals surface area contributed by atoms with E-state index in [2.05, 4.69) is 17.6 Å². The molecule has 7 heteroatoms. The number of halogens is 2. The number of carbonyl (C=O) groups is 1. The average molecular weight is 377 g/mol. The van der Waals surface area contributed by atoms with Gasteiger partial charge in [-0.1, -0.05) is 24.9 Å². The van der Waals surface area contributed by atoms with Crippen LogP contribution in [0.1, 0.15) is 43.0 Å². The molecule has 0 aliphatic carbocycles. The molecular formula is C17H26Cl2N2O3. The third-order valence-corrected chi connectivity index (χ3v) is 4.19. The molecule has 0 unspecified atom stereocenters. The van der Waals surface area contributed by atoms with Gasteiger partial charge in [0.2, 0.25) is 0 Å². The van der Waals surface area contributed by atoms with Crippen LogP contribution in [0.4, 0.5) is 0 Å². The van der Waals surface area contributed by atoms with Gasteiger partial charge in [-0.05, 0) is 44.5 Å². The number of methoxy groups -OCH3 is 1. The van der Waals surface area contributed by atoms with Gasteiger partial charge in [0.15, 0.2) is 11.5 Å². The van der Waals surface area contributed by atoms with Crippen LogP contribution in [-0.4, -0.2) is 38.8 Å². The first-order chi connectivity index (χ1) is 11.2. The van der Waals surface area contributed by atoms with Crippen molar-refractivity contribution < 1.29 is 14.3 Å². The molecule has 1 aromatic carbocycles. The van der Waals surface area contributed by atoms with E-state index in [-0.39, 0.29) is 24.4 Å². The van der Waals surface area contributed by atoms with E-state index in [0.717, 1.165) is 38.8 Å². The van der Waals surface area contributed by atoms with Crippen LogP contribution >= 0.6 is 24.0 Å². The molecule has 0 saturated carbocycles. The van der Waals surface area contributed by atoms with Gasteiger partial charge in [-0.25, -0.2) is 0 Å². The number of amides is 1. The molecule has 2 rings (SSSR count). The number of ether oxygens (including phenoxy) is 2. The van der Waals surface area contributed by atoms with Crippen LogP contribution in [0.5, 0.6) is 11.5 Å². The molecule has 0 spiro atoms. The monoisotopic (exact) mass is 376 g/mol. The van der Waals surface area contributed by atoms with Gasteiger partial charge in [-0.2, -0.15) is 0 Å². The molecule has 1 fully saturated rings. The van der Waals surface area contributed by atoms with Gasteiger partial charge in [-0.15, -0.1) is 12.4 Å². The molecule has 1 aromatic rings. The lowest BCUT2D eigenvalue weighted by molar-refractivity contribution is 0.0929. The fraction of sp³-hybridized carbons (Fsp3) is 0.588. The van der Waals surface area contributed by atoms with Crippen molar-refractivity contribution >= 4 is 29.9 Å². The zero-order valence-electron chi connectivity index (χ0n) is 14.2. The predicted octanol–water partition coefficient (Wildman–Crippen LogP) is 3.43. The first-order valence-electron chi connectivity index (χ1n) is 8.17. The molecular weight excluding hydrogens is 351 g/mol. The summed E-state index contributed by atoms with van der Waals surface area (Å²) in [5.41, 5.74) is 0.494. The summed E-state index contributed by atoms with van der Waals surface area (Å²) in [5.74, 6) is 0.863. The van der Waals surface area contributed by atoms with Crippen LogP contribution in [0, 0.1) is 0 Å². The van der Waals surface area contributed by atoms with Crippen molar-refractivity contribution in [3.63, 3.8) is 0 Å². The lowest BCUT2D eigenvalue weighted by Gasteiger charge is -2.24. The lowest BCUT2D eigenvalue weighted by atomic mass is 10.1. The van der Waals surface area contributed by atoms with Gasteiger partial charge in [0, 0.05) is 11.6 Å². The van der Waals surface area contributed by atoms with E-state index in [1.165, 1.54) is 0 Å². The van der Waals surface area contributed by atoms with Crippen molar-refractivity contribution in [2.24, 2.45) is 0 Å². The van der Waals surface area contributed by atoms with Crippen LogP contribution in [0.3, 0.4) is 0 Å². The maximum absolute atomic E-state index is 12.4. The van der Waals surface area contributed by atoms with Crippen molar-refractivity contribution in [3.8, 4) is 11.5 Å². The highest BCUT2D eigenvalue weighted by molar-refractivity contribution is 6.32. The Morgan fingerprint density at radius 3 is 2.71 bits per heavy atom. The first-order valence-corrected chi connectivity index (χ1v) is 8.55. The molecule has 1 heterocycles. The number of carbonyl (C=O) groups excluding carboxylic acids is 1. The second-order valence-electron chi connectivity index (χ2n) is 5.69. The minimum atomic E-state index is -0.128. The molecule has 5 nitrogen and oxygen atoms in total. The molecule has 24 heavy (non-hydrogen) atoms. The third kappa shape index (κ3) is 5.72. The zero-order valence-corrected chi connectivity index (χ0v) is 15.8.